The molecule has 1 heterocycles. The third kappa shape index (κ3) is 5.63. The Morgan fingerprint density at radius 2 is 1.86 bits per heavy atom. The van der Waals surface area contributed by atoms with Crippen LogP contribution < -0.4 is 10.5 Å². The number of rotatable bonds is 9. The first kappa shape index (κ1) is 20.5. The number of hydrogen-bond donors (Lipinski definition) is 3. The van der Waals surface area contributed by atoms with Crippen molar-refractivity contribution in [1.82, 2.24) is 4.98 Å². The van der Waals surface area contributed by atoms with Gasteiger partial charge in [-0.2, -0.15) is 0 Å². The van der Waals surface area contributed by atoms with E-state index in [2.05, 4.69) is 4.98 Å². The maximum absolute atomic E-state index is 11.0. The molecule has 0 bridgehead atoms. The molecule has 0 saturated heterocycles. The van der Waals surface area contributed by atoms with Crippen molar-refractivity contribution in [2.75, 3.05) is 6.61 Å². The zero-order valence-electron chi connectivity index (χ0n) is 16.0. The van der Waals surface area contributed by atoms with E-state index in [9.17, 15) is 4.79 Å². The Morgan fingerprint density at radius 3 is 2.66 bits per heavy atom. The quantitative estimate of drug-likeness (QED) is 0.516. The summed E-state index contributed by atoms with van der Waals surface area (Å²) in [5, 5.41) is 18.1. The van der Waals surface area contributed by atoms with Gasteiger partial charge in [0.1, 0.15) is 12.4 Å². The van der Waals surface area contributed by atoms with E-state index in [1.54, 1.807) is 18.2 Å². The molecule has 3 rings (SSSR count). The van der Waals surface area contributed by atoms with Gasteiger partial charge in [-0.05, 0) is 36.2 Å². The van der Waals surface area contributed by atoms with E-state index in [1.807, 2.05) is 48.5 Å². The minimum Gasteiger partial charge on any atom is -0.489 e. The first-order valence-corrected chi connectivity index (χ1v) is 9.42. The highest BCUT2D eigenvalue weighted by Gasteiger charge is 2.10. The van der Waals surface area contributed by atoms with Crippen LogP contribution in [-0.2, 0) is 17.8 Å². The lowest BCUT2D eigenvalue weighted by Crippen LogP contribution is -2.13. The van der Waals surface area contributed by atoms with Gasteiger partial charge in [0.15, 0.2) is 0 Å². The van der Waals surface area contributed by atoms with Gasteiger partial charge < -0.3 is 20.7 Å². The predicted octanol–water partition coefficient (Wildman–Crippen LogP) is 3.34. The molecule has 4 N–H and O–H groups in total. The number of nitrogens with two attached hydrogens (primary N) is 1. The van der Waals surface area contributed by atoms with Crippen LogP contribution in [0.15, 0.2) is 66.7 Å². The molecular weight excluding hydrogens is 368 g/mol. The van der Waals surface area contributed by atoms with E-state index in [1.165, 1.54) is 0 Å². The molecule has 0 unspecified atom stereocenters. The Balaban J connectivity index is 1.76. The van der Waals surface area contributed by atoms with Gasteiger partial charge >= 0.3 is 5.97 Å². The fourth-order valence-electron chi connectivity index (χ4n) is 3.04. The maximum atomic E-state index is 11.0. The minimum absolute atomic E-state index is 0.0171. The second-order valence-corrected chi connectivity index (χ2v) is 6.73. The molecule has 0 aliphatic rings. The van der Waals surface area contributed by atoms with E-state index in [0.29, 0.717) is 24.3 Å². The van der Waals surface area contributed by atoms with Crippen LogP contribution in [0.4, 0.5) is 0 Å². The summed E-state index contributed by atoms with van der Waals surface area (Å²) < 4.78 is 5.88. The average Bonchev–Trinajstić information content (AvgIpc) is 2.73. The summed E-state index contributed by atoms with van der Waals surface area (Å²) in [6.45, 7) is 0.331. The Morgan fingerprint density at radius 1 is 1.07 bits per heavy atom. The van der Waals surface area contributed by atoms with Crippen molar-refractivity contribution in [3.63, 3.8) is 0 Å². The topological polar surface area (TPSA) is 106 Å². The van der Waals surface area contributed by atoms with Gasteiger partial charge in [0.2, 0.25) is 0 Å². The summed E-state index contributed by atoms with van der Waals surface area (Å²) in [4.78, 5) is 15.7. The number of carboxylic acids is 1. The summed E-state index contributed by atoms with van der Waals surface area (Å²) in [5.74, 6) is -0.330. The van der Waals surface area contributed by atoms with Gasteiger partial charge in [-0.25, -0.2) is 0 Å². The second-order valence-electron chi connectivity index (χ2n) is 6.73. The third-order valence-corrected chi connectivity index (χ3v) is 4.52. The Hall–Kier alpha value is -3.22. The van der Waals surface area contributed by atoms with E-state index >= 15 is 0 Å². The zero-order valence-corrected chi connectivity index (χ0v) is 16.0. The summed E-state index contributed by atoms with van der Waals surface area (Å²) in [6.07, 6.45) is 0.376. The van der Waals surface area contributed by atoms with Crippen LogP contribution in [0, 0.1) is 0 Å². The molecule has 29 heavy (non-hydrogen) atoms. The van der Waals surface area contributed by atoms with Crippen LogP contribution >= 0.6 is 0 Å². The van der Waals surface area contributed by atoms with Crippen LogP contribution in [0.5, 0.6) is 5.75 Å². The molecule has 0 radical (unpaired) electrons. The van der Waals surface area contributed by atoms with Gasteiger partial charge in [-0.3, -0.25) is 9.78 Å². The summed E-state index contributed by atoms with van der Waals surface area (Å²) in [5.41, 5.74) is 10.1. The fourth-order valence-corrected chi connectivity index (χ4v) is 3.04. The lowest BCUT2D eigenvalue weighted by atomic mass is 10.1. The Bertz CT molecular complexity index is 974. The molecule has 0 spiro atoms. The first-order valence-electron chi connectivity index (χ1n) is 9.42. The van der Waals surface area contributed by atoms with Gasteiger partial charge in [-0.15, -0.1) is 0 Å². The Labute approximate surface area is 169 Å². The van der Waals surface area contributed by atoms with Gasteiger partial charge in [0.05, 0.1) is 17.8 Å². The van der Waals surface area contributed by atoms with Crippen molar-refractivity contribution >= 4 is 5.97 Å². The number of aliphatic hydroxyl groups excluding tert-OH is 1. The molecule has 0 saturated carbocycles. The maximum Gasteiger partial charge on any atom is 0.307 e. The lowest BCUT2D eigenvalue weighted by molar-refractivity contribution is -0.136. The first-order chi connectivity index (χ1) is 14.1. The van der Waals surface area contributed by atoms with Gasteiger partial charge in [0.25, 0.3) is 0 Å². The number of aliphatic hydroxyl groups is 1. The van der Waals surface area contributed by atoms with Crippen LogP contribution in [-0.4, -0.2) is 27.8 Å². The number of aromatic nitrogens is 1. The molecule has 3 aromatic rings. The monoisotopic (exact) mass is 392 g/mol. The standard InChI is InChI=1S/C23H24N2O4/c24-19(11-12-26)21-9-4-8-20(25-21)17-7-3-5-16(13-17)15-29-22-10-2-1-6-18(22)14-23(27)28/h1-10,13,19,26H,11-12,14-15,24H2,(H,27,28)/t19-/m1/s1. The van der Waals surface area contributed by atoms with Gasteiger partial charge in [0, 0.05) is 23.8 Å². The van der Waals surface area contributed by atoms with Crippen LogP contribution in [0.1, 0.15) is 29.3 Å². The van der Waals surface area contributed by atoms with Gasteiger partial charge in [-0.1, -0.05) is 42.5 Å². The van der Waals surface area contributed by atoms with Crippen molar-refractivity contribution in [3.05, 3.63) is 83.6 Å². The fraction of sp³-hybridized carbons (Fsp3) is 0.217. The van der Waals surface area contributed by atoms with Crippen molar-refractivity contribution < 1.29 is 19.7 Å². The van der Waals surface area contributed by atoms with E-state index in [-0.39, 0.29) is 19.1 Å². The van der Waals surface area contributed by atoms with Crippen LogP contribution in [0.2, 0.25) is 0 Å². The molecule has 0 fully saturated rings. The third-order valence-electron chi connectivity index (χ3n) is 4.52. The van der Waals surface area contributed by atoms with Crippen molar-refractivity contribution in [2.45, 2.75) is 25.5 Å². The molecule has 1 atom stereocenters. The van der Waals surface area contributed by atoms with Crippen molar-refractivity contribution in [3.8, 4) is 17.0 Å². The number of pyridine rings is 1. The number of ether oxygens (including phenoxy) is 1. The zero-order chi connectivity index (χ0) is 20.6. The van der Waals surface area contributed by atoms with Crippen LogP contribution in [0.3, 0.4) is 0 Å². The molecule has 0 aliphatic heterocycles. The van der Waals surface area contributed by atoms with Crippen molar-refractivity contribution in [1.29, 1.82) is 0 Å². The molecule has 6 nitrogen and oxygen atoms in total. The van der Waals surface area contributed by atoms with E-state index in [0.717, 1.165) is 22.5 Å². The summed E-state index contributed by atoms with van der Waals surface area (Å²) in [7, 11) is 0. The summed E-state index contributed by atoms with van der Waals surface area (Å²) in [6, 6.07) is 20.3. The number of para-hydroxylation sites is 1. The molecule has 150 valence electrons. The molecule has 2 aromatic carbocycles. The molecule has 1 aromatic heterocycles. The number of carboxylic acid groups (broad SMARTS) is 1. The number of benzene rings is 2. The number of nitrogens with zero attached hydrogens (tertiary/aromatic N) is 1. The van der Waals surface area contributed by atoms with Crippen LogP contribution in [0.25, 0.3) is 11.3 Å². The second kappa shape index (κ2) is 9.82. The number of hydrogen-bond acceptors (Lipinski definition) is 5. The predicted molar refractivity (Wildman–Crippen MR) is 110 cm³/mol. The summed E-state index contributed by atoms with van der Waals surface area (Å²) >= 11 is 0. The average molecular weight is 392 g/mol. The molecule has 0 amide bonds. The normalized spacial score (nSPS) is 11.8. The Kier molecular flexibility index (Phi) is 6.94. The lowest BCUT2D eigenvalue weighted by Gasteiger charge is -2.13. The molecule has 0 aliphatic carbocycles. The minimum atomic E-state index is -0.895. The smallest absolute Gasteiger partial charge is 0.307 e. The highest BCUT2D eigenvalue weighted by atomic mass is 16.5. The SMILES string of the molecule is N[C@H](CCO)c1cccc(-c2cccc(COc3ccccc3CC(=O)O)c2)n1. The number of carbonyl (C=O) groups is 1. The van der Waals surface area contributed by atoms with E-state index in [4.69, 9.17) is 20.7 Å². The van der Waals surface area contributed by atoms with E-state index < -0.39 is 5.97 Å². The highest BCUT2D eigenvalue weighted by Crippen LogP contribution is 2.23. The number of aliphatic carboxylic acids is 1. The van der Waals surface area contributed by atoms with Crippen molar-refractivity contribution in [2.24, 2.45) is 5.73 Å². The molecule has 6 heteroatoms. The molecular formula is C23H24N2O4. The largest absolute Gasteiger partial charge is 0.489 e. The highest BCUT2D eigenvalue weighted by molar-refractivity contribution is 5.71.